The van der Waals surface area contributed by atoms with Crippen LogP contribution in [0.1, 0.15) is 22.7 Å². The molecule has 1 saturated heterocycles. The summed E-state index contributed by atoms with van der Waals surface area (Å²) in [5.41, 5.74) is 1.97. The predicted octanol–water partition coefficient (Wildman–Crippen LogP) is 4.09. The Hall–Kier alpha value is -4.26. The molecule has 0 bridgehead atoms. The van der Waals surface area contributed by atoms with Crippen LogP contribution in [0.4, 0.5) is 0 Å². The Balaban J connectivity index is 1.62. The van der Waals surface area contributed by atoms with E-state index in [0.717, 1.165) is 5.56 Å². The molecule has 2 heterocycles. The second kappa shape index (κ2) is 8.94. The van der Waals surface area contributed by atoms with Crippen molar-refractivity contribution in [3.8, 4) is 17.2 Å². The van der Waals surface area contributed by atoms with Crippen LogP contribution in [0.25, 0.3) is 5.76 Å². The molecule has 2 aliphatic heterocycles. The lowest BCUT2D eigenvalue weighted by molar-refractivity contribution is -0.140. The molecule has 34 heavy (non-hydrogen) atoms. The van der Waals surface area contributed by atoms with Crippen molar-refractivity contribution in [2.75, 3.05) is 20.3 Å². The summed E-state index contributed by atoms with van der Waals surface area (Å²) >= 11 is 0. The van der Waals surface area contributed by atoms with Crippen molar-refractivity contribution in [2.24, 2.45) is 0 Å². The van der Waals surface area contributed by atoms with Crippen LogP contribution in [0.3, 0.4) is 0 Å². The summed E-state index contributed by atoms with van der Waals surface area (Å²) in [7, 11) is 1.57. The first-order valence-corrected chi connectivity index (χ1v) is 10.9. The number of carbonyl (C=O) groups is 2. The van der Waals surface area contributed by atoms with Crippen LogP contribution in [0.15, 0.2) is 78.4 Å². The molecule has 0 aromatic heterocycles. The number of likely N-dealkylation sites (tertiary alicyclic amines) is 1. The maximum absolute atomic E-state index is 13.2. The van der Waals surface area contributed by atoms with E-state index < -0.39 is 17.7 Å². The van der Waals surface area contributed by atoms with Gasteiger partial charge in [-0.1, -0.05) is 42.5 Å². The van der Waals surface area contributed by atoms with Gasteiger partial charge in [0.15, 0.2) is 11.5 Å². The first-order chi connectivity index (χ1) is 16.6. The van der Waals surface area contributed by atoms with Crippen LogP contribution >= 0.6 is 0 Å². The highest BCUT2D eigenvalue weighted by atomic mass is 16.6. The first kappa shape index (κ1) is 21.6. The van der Waals surface area contributed by atoms with Gasteiger partial charge in [-0.3, -0.25) is 9.59 Å². The van der Waals surface area contributed by atoms with Gasteiger partial charge in [0.2, 0.25) is 0 Å². The number of benzene rings is 3. The minimum absolute atomic E-state index is 0.0303. The Bertz CT molecular complexity index is 1270. The zero-order chi connectivity index (χ0) is 23.7. The molecule has 172 valence electrons. The van der Waals surface area contributed by atoms with Gasteiger partial charge in [-0.05, 0) is 41.5 Å². The Morgan fingerprint density at radius 2 is 1.68 bits per heavy atom. The summed E-state index contributed by atoms with van der Waals surface area (Å²) in [6, 6.07) is 20.8. The number of ether oxygens (including phenoxy) is 3. The normalized spacial score (nSPS) is 18.7. The molecule has 1 atom stereocenters. The fourth-order valence-electron chi connectivity index (χ4n) is 4.30. The SMILES string of the molecule is COc1ccc(C2/C(=C(/O)c3ccc4c(c3)OCCO4)C(=O)C(=O)N2Cc2ccccc2)cc1. The standard InChI is InChI=1S/C27H23NO6/c1-32-20-10-7-18(8-11-20)24-23(25(29)19-9-12-21-22(15-19)34-14-13-33-21)26(30)27(31)28(24)16-17-5-3-2-4-6-17/h2-12,15,24,29H,13-14,16H2,1H3/b25-23-. The minimum atomic E-state index is -0.765. The van der Waals surface area contributed by atoms with E-state index in [9.17, 15) is 14.7 Å². The van der Waals surface area contributed by atoms with Crippen molar-refractivity contribution in [3.05, 3.63) is 95.1 Å². The molecular weight excluding hydrogens is 434 g/mol. The van der Waals surface area contributed by atoms with E-state index in [1.807, 2.05) is 30.3 Å². The van der Waals surface area contributed by atoms with Crippen LogP contribution in [0.2, 0.25) is 0 Å². The smallest absolute Gasteiger partial charge is 0.295 e. The fourth-order valence-corrected chi connectivity index (χ4v) is 4.30. The van der Waals surface area contributed by atoms with E-state index in [1.165, 1.54) is 4.90 Å². The summed E-state index contributed by atoms with van der Waals surface area (Å²) in [4.78, 5) is 27.9. The fraction of sp³-hybridized carbons (Fsp3) is 0.185. The number of rotatable bonds is 5. The number of hydrogen-bond donors (Lipinski definition) is 1. The summed E-state index contributed by atoms with van der Waals surface area (Å²) in [6.07, 6.45) is 0. The topological polar surface area (TPSA) is 85.3 Å². The van der Waals surface area contributed by atoms with Gasteiger partial charge in [0, 0.05) is 12.1 Å². The average molecular weight is 457 g/mol. The number of Topliss-reactive ketones (excluding diaryl/α,β-unsaturated/α-hetero) is 1. The highest BCUT2D eigenvalue weighted by Gasteiger charge is 2.46. The zero-order valence-corrected chi connectivity index (χ0v) is 18.6. The number of nitrogens with zero attached hydrogens (tertiary/aromatic N) is 1. The van der Waals surface area contributed by atoms with Crippen LogP contribution in [0, 0.1) is 0 Å². The lowest BCUT2D eigenvalue weighted by atomic mass is 9.95. The van der Waals surface area contributed by atoms with Gasteiger partial charge in [0.1, 0.15) is 24.7 Å². The molecule has 1 fully saturated rings. The highest BCUT2D eigenvalue weighted by Crippen LogP contribution is 2.42. The van der Waals surface area contributed by atoms with Crippen molar-refractivity contribution >= 4 is 17.4 Å². The summed E-state index contributed by atoms with van der Waals surface area (Å²) < 4.78 is 16.4. The average Bonchev–Trinajstić information content (AvgIpc) is 3.13. The van der Waals surface area contributed by atoms with Gasteiger partial charge < -0.3 is 24.2 Å². The minimum Gasteiger partial charge on any atom is -0.507 e. The van der Waals surface area contributed by atoms with Crippen LogP contribution in [-0.2, 0) is 16.1 Å². The molecule has 2 aliphatic rings. The van der Waals surface area contributed by atoms with E-state index in [-0.39, 0.29) is 17.9 Å². The van der Waals surface area contributed by atoms with Gasteiger partial charge in [0.05, 0.1) is 18.7 Å². The number of ketones is 1. The summed E-state index contributed by atoms with van der Waals surface area (Å²) in [6.45, 7) is 1.06. The number of methoxy groups -OCH3 is 1. The monoisotopic (exact) mass is 457 g/mol. The Morgan fingerprint density at radius 3 is 2.38 bits per heavy atom. The maximum Gasteiger partial charge on any atom is 0.295 e. The molecule has 0 radical (unpaired) electrons. The largest absolute Gasteiger partial charge is 0.507 e. The molecule has 7 heteroatoms. The van der Waals surface area contributed by atoms with Gasteiger partial charge >= 0.3 is 0 Å². The predicted molar refractivity (Wildman–Crippen MR) is 125 cm³/mol. The number of aliphatic hydroxyl groups is 1. The highest BCUT2D eigenvalue weighted by molar-refractivity contribution is 6.46. The second-order valence-corrected chi connectivity index (χ2v) is 8.04. The molecule has 1 unspecified atom stereocenters. The van der Waals surface area contributed by atoms with E-state index in [2.05, 4.69) is 0 Å². The van der Waals surface area contributed by atoms with Gasteiger partial charge in [-0.25, -0.2) is 0 Å². The molecule has 0 spiro atoms. The van der Waals surface area contributed by atoms with Crippen molar-refractivity contribution < 1.29 is 28.9 Å². The third kappa shape index (κ3) is 3.85. The molecule has 5 rings (SSSR count). The van der Waals surface area contributed by atoms with E-state index in [1.54, 1.807) is 49.6 Å². The lowest BCUT2D eigenvalue weighted by Gasteiger charge is -2.25. The molecule has 1 N–H and O–H groups in total. The van der Waals surface area contributed by atoms with Crippen LogP contribution < -0.4 is 14.2 Å². The molecular formula is C27H23NO6. The molecule has 0 aliphatic carbocycles. The number of carbonyl (C=O) groups excluding carboxylic acids is 2. The molecule has 3 aromatic rings. The number of hydrogen-bond acceptors (Lipinski definition) is 6. The van der Waals surface area contributed by atoms with E-state index >= 15 is 0 Å². The Morgan fingerprint density at radius 1 is 0.971 bits per heavy atom. The lowest BCUT2D eigenvalue weighted by Crippen LogP contribution is -2.29. The van der Waals surface area contributed by atoms with Crippen LogP contribution in [0.5, 0.6) is 17.2 Å². The van der Waals surface area contributed by atoms with Crippen molar-refractivity contribution in [1.29, 1.82) is 0 Å². The summed E-state index contributed by atoms with van der Waals surface area (Å²) in [5.74, 6) is 0.0454. The van der Waals surface area contributed by atoms with Crippen molar-refractivity contribution in [1.82, 2.24) is 4.90 Å². The molecule has 1 amide bonds. The third-order valence-electron chi connectivity index (χ3n) is 5.98. The molecule has 3 aromatic carbocycles. The van der Waals surface area contributed by atoms with Crippen molar-refractivity contribution in [3.63, 3.8) is 0 Å². The zero-order valence-electron chi connectivity index (χ0n) is 18.6. The third-order valence-corrected chi connectivity index (χ3v) is 5.98. The Kier molecular flexibility index (Phi) is 5.67. The molecule has 7 nitrogen and oxygen atoms in total. The van der Waals surface area contributed by atoms with Gasteiger partial charge in [0.25, 0.3) is 11.7 Å². The second-order valence-electron chi connectivity index (χ2n) is 8.04. The van der Waals surface area contributed by atoms with E-state index in [0.29, 0.717) is 41.6 Å². The summed E-state index contributed by atoms with van der Waals surface area (Å²) in [5, 5.41) is 11.3. The quantitative estimate of drug-likeness (QED) is 0.353. The van der Waals surface area contributed by atoms with Gasteiger partial charge in [-0.2, -0.15) is 0 Å². The molecule has 0 saturated carbocycles. The number of aliphatic hydroxyl groups excluding tert-OH is 1. The Labute approximate surface area is 196 Å². The number of fused-ring (bicyclic) bond motifs is 1. The van der Waals surface area contributed by atoms with E-state index in [4.69, 9.17) is 14.2 Å². The van der Waals surface area contributed by atoms with Crippen LogP contribution in [-0.4, -0.2) is 42.0 Å². The first-order valence-electron chi connectivity index (χ1n) is 10.9. The number of amides is 1. The van der Waals surface area contributed by atoms with Gasteiger partial charge in [-0.15, -0.1) is 0 Å². The maximum atomic E-state index is 13.2. The van der Waals surface area contributed by atoms with Crippen molar-refractivity contribution in [2.45, 2.75) is 12.6 Å².